The third-order valence-electron chi connectivity index (χ3n) is 8.72. The van der Waals surface area contributed by atoms with Crippen molar-refractivity contribution in [1.82, 2.24) is 9.80 Å². The van der Waals surface area contributed by atoms with Gasteiger partial charge in [0, 0.05) is 91.6 Å². The zero-order valence-electron chi connectivity index (χ0n) is 26.2. The monoisotopic (exact) mass is 601 g/mol. The van der Waals surface area contributed by atoms with E-state index in [2.05, 4.69) is 105 Å². The van der Waals surface area contributed by atoms with Gasteiger partial charge in [0.15, 0.2) is 0 Å². The lowest BCUT2D eigenvalue weighted by molar-refractivity contribution is 0.262. The molecule has 0 radical (unpaired) electrons. The summed E-state index contributed by atoms with van der Waals surface area (Å²) in [5.41, 5.74) is 10.9. The maximum atomic E-state index is 12.3. The number of hydrogen-bond donors (Lipinski definition) is 3. The van der Waals surface area contributed by atoms with E-state index in [0.717, 1.165) is 69.4 Å². The van der Waals surface area contributed by atoms with Crippen molar-refractivity contribution >= 4 is 56.0 Å². The Bertz CT molecular complexity index is 1740. The van der Waals surface area contributed by atoms with Crippen LogP contribution in [-0.4, -0.2) is 82.3 Å². The first-order valence-electron chi connectivity index (χ1n) is 15.7. The first-order valence-corrected chi connectivity index (χ1v) is 15.7. The average molecular weight is 602 g/mol. The smallest absolute Gasteiger partial charge is 0.323 e. The minimum Gasteiger partial charge on any atom is -0.399 e. The summed E-state index contributed by atoms with van der Waals surface area (Å²) >= 11 is 0. The number of urea groups is 1. The van der Waals surface area contributed by atoms with Gasteiger partial charge in [0.05, 0.1) is 0 Å². The van der Waals surface area contributed by atoms with Gasteiger partial charge in [-0.05, 0) is 73.4 Å². The van der Waals surface area contributed by atoms with Crippen LogP contribution in [-0.2, 0) is 0 Å². The molecule has 2 heterocycles. The number of carbonyl (C=O) groups excluding carboxylic acids is 1. The molecule has 0 aromatic heterocycles. The van der Waals surface area contributed by atoms with E-state index < -0.39 is 0 Å². The van der Waals surface area contributed by atoms with Crippen molar-refractivity contribution in [3.8, 4) is 0 Å². The predicted molar refractivity (Wildman–Crippen MR) is 191 cm³/mol. The van der Waals surface area contributed by atoms with Crippen LogP contribution in [0.25, 0.3) is 21.5 Å². The number of hydrogen-bond acceptors (Lipinski definition) is 6. The highest BCUT2D eigenvalue weighted by Gasteiger charge is 2.17. The third-order valence-corrected chi connectivity index (χ3v) is 8.72. The molecule has 0 saturated carbocycles. The molecule has 8 heteroatoms. The zero-order chi connectivity index (χ0) is 31.2. The number of amides is 2. The van der Waals surface area contributed by atoms with Gasteiger partial charge in [-0.1, -0.05) is 54.6 Å². The Morgan fingerprint density at radius 3 is 1.64 bits per heavy atom. The fraction of sp³-hybridized carbons (Fsp3) is 0.270. The van der Waals surface area contributed by atoms with E-state index in [1.165, 1.54) is 32.9 Å². The van der Waals surface area contributed by atoms with Gasteiger partial charge in [-0.3, -0.25) is 0 Å². The fourth-order valence-electron chi connectivity index (χ4n) is 6.07. The number of likely N-dealkylation sites (N-methyl/N-ethyl adjacent to an activating group) is 2. The molecule has 0 bridgehead atoms. The van der Waals surface area contributed by atoms with Gasteiger partial charge in [0.2, 0.25) is 0 Å². The molecule has 0 atom stereocenters. The number of piperazine rings is 2. The second-order valence-electron chi connectivity index (χ2n) is 12.0. The van der Waals surface area contributed by atoms with Crippen molar-refractivity contribution in [2.75, 3.05) is 92.6 Å². The van der Waals surface area contributed by atoms with Crippen molar-refractivity contribution in [2.45, 2.75) is 0 Å². The van der Waals surface area contributed by atoms with E-state index >= 15 is 0 Å². The molecule has 0 spiro atoms. The summed E-state index contributed by atoms with van der Waals surface area (Å²) in [4.78, 5) is 21.9. The van der Waals surface area contributed by atoms with Gasteiger partial charge in [0.25, 0.3) is 0 Å². The quantitative estimate of drug-likeness (QED) is 0.207. The number of rotatable bonds is 4. The number of anilines is 5. The van der Waals surface area contributed by atoms with Crippen LogP contribution in [0.2, 0.25) is 0 Å². The van der Waals surface area contributed by atoms with Crippen LogP contribution in [0.3, 0.4) is 0 Å². The van der Waals surface area contributed by atoms with Gasteiger partial charge in [0.1, 0.15) is 0 Å². The summed E-state index contributed by atoms with van der Waals surface area (Å²) in [7, 11) is 4.34. The SMILES string of the molecule is CN1CCN(c2cccc3ccc(N)cc23)CC1.CN1CCN(c2cccc3ccc(NC(=O)Nc4ccccc4)cc23)CC1. The Morgan fingerprint density at radius 2 is 1.07 bits per heavy atom. The minimum atomic E-state index is -0.238. The van der Waals surface area contributed by atoms with Crippen LogP contribution >= 0.6 is 0 Å². The molecule has 4 N–H and O–H groups in total. The lowest BCUT2D eigenvalue weighted by Crippen LogP contribution is -2.44. The fourth-order valence-corrected chi connectivity index (χ4v) is 6.07. The summed E-state index contributed by atoms with van der Waals surface area (Å²) in [5.74, 6) is 0. The summed E-state index contributed by atoms with van der Waals surface area (Å²) in [6, 6.07) is 34.3. The third kappa shape index (κ3) is 7.48. The summed E-state index contributed by atoms with van der Waals surface area (Å²) < 4.78 is 0. The molecule has 5 aromatic rings. The number of benzene rings is 5. The van der Waals surface area contributed by atoms with Gasteiger partial charge in [-0.25, -0.2) is 4.79 Å². The maximum Gasteiger partial charge on any atom is 0.323 e. The normalized spacial score (nSPS) is 15.9. The number of nitrogens with zero attached hydrogens (tertiary/aromatic N) is 4. The molecule has 0 unspecified atom stereocenters. The van der Waals surface area contributed by atoms with Crippen LogP contribution in [0.1, 0.15) is 0 Å². The zero-order valence-corrected chi connectivity index (χ0v) is 26.2. The molecule has 7 rings (SSSR count). The molecule has 2 aliphatic heterocycles. The lowest BCUT2D eigenvalue weighted by Gasteiger charge is -2.34. The molecule has 2 fully saturated rings. The van der Waals surface area contributed by atoms with Gasteiger partial charge in [-0.15, -0.1) is 0 Å². The second kappa shape index (κ2) is 13.9. The number of nitrogen functional groups attached to an aromatic ring is 1. The Balaban J connectivity index is 0.000000172. The molecule has 2 saturated heterocycles. The summed E-state index contributed by atoms with van der Waals surface area (Å²) in [5, 5.41) is 10.7. The largest absolute Gasteiger partial charge is 0.399 e. The van der Waals surface area contributed by atoms with E-state index in [-0.39, 0.29) is 6.03 Å². The Labute approximate surface area is 266 Å². The van der Waals surface area contributed by atoms with Crippen molar-refractivity contribution in [3.05, 3.63) is 103 Å². The molecule has 5 aromatic carbocycles. The standard InChI is InChI=1S/C22H24N4O.C15H19N3/c1-25-12-14-26(15-13-25)21-9-5-6-17-10-11-19(16-20(17)21)24-22(27)23-18-7-3-2-4-8-18;1-17-7-9-18(10-8-17)15-4-2-3-12-5-6-13(16)11-14(12)15/h2-11,16H,12-15H2,1H3,(H2,23,24,27);2-6,11H,7-10,16H2,1H3. The highest BCUT2D eigenvalue weighted by molar-refractivity contribution is 6.03. The molecular weight excluding hydrogens is 558 g/mol. The Kier molecular flexibility index (Phi) is 9.33. The van der Waals surface area contributed by atoms with Crippen LogP contribution < -0.4 is 26.2 Å². The highest BCUT2D eigenvalue weighted by Crippen LogP contribution is 2.31. The first kappa shape index (κ1) is 30.2. The van der Waals surface area contributed by atoms with Crippen molar-refractivity contribution < 1.29 is 4.79 Å². The average Bonchev–Trinajstić information content (AvgIpc) is 3.06. The van der Waals surface area contributed by atoms with E-state index in [0.29, 0.717) is 0 Å². The van der Waals surface area contributed by atoms with Crippen molar-refractivity contribution in [3.63, 3.8) is 0 Å². The van der Waals surface area contributed by atoms with Gasteiger partial charge in [-0.2, -0.15) is 0 Å². The lowest BCUT2D eigenvalue weighted by atomic mass is 10.1. The molecule has 2 amide bonds. The first-order chi connectivity index (χ1) is 21.9. The number of fused-ring (bicyclic) bond motifs is 2. The van der Waals surface area contributed by atoms with E-state index in [1.807, 2.05) is 42.5 Å². The van der Waals surface area contributed by atoms with Gasteiger partial charge >= 0.3 is 6.03 Å². The minimum absolute atomic E-state index is 0.238. The molecule has 8 nitrogen and oxygen atoms in total. The van der Waals surface area contributed by atoms with Crippen molar-refractivity contribution in [1.29, 1.82) is 0 Å². The van der Waals surface area contributed by atoms with Gasteiger partial charge < -0.3 is 36.0 Å². The van der Waals surface area contributed by atoms with Crippen molar-refractivity contribution in [2.24, 2.45) is 0 Å². The molecule has 232 valence electrons. The number of nitrogens with one attached hydrogen (secondary N) is 2. The van der Waals surface area contributed by atoms with Crippen LogP contribution in [0.5, 0.6) is 0 Å². The second-order valence-corrected chi connectivity index (χ2v) is 12.0. The predicted octanol–water partition coefficient (Wildman–Crippen LogP) is 6.41. The van der Waals surface area contributed by atoms with E-state index in [9.17, 15) is 4.79 Å². The number of nitrogens with two attached hydrogens (primary N) is 1. The molecule has 2 aliphatic rings. The van der Waals surface area contributed by atoms with E-state index in [1.54, 1.807) is 0 Å². The number of para-hydroxylation sites is 1. The summed E-state index contributed by atoms with van der Waals surface area (Å²) in [6.45, 7) is 8.58. The molecular formula is C37H43N7O. The molecule has 0 aliphatic carbocycles. The van der Waals surface area contributed by atoms with E-state index in [4.69, 9.17) is 5.73 Å². The van der Waals surface area contributed by atoms with Crippen LogP contribution in [0, 0.1) is 0 Å². The Hall–Kier alpha value is -4.79. The summed E-state index contributed by atoms with van der Waals surface area (Å²) in [6.07, 6.45) is 0. The maximum absolute atomic E-state index is 12.3. The van der Waals surface area contributed by atoms with Crippen LogP contribution in [0.4, 0.5) is 33.2 Å². The molecule has 45 heavy (non-hydrogen) atoms. The van der Waals surface area contributed by atoms with Crippen LogP contribution in [0.15, 0.2) is 103 Å². The highest BCUT2D eigenvalue weighted by atomic mass is 16.2. The topological polar surface area (TPSA) is 80.1 Å². The number of carbonyl (C=O) groups is 1. The Morgan fingerprint density at radius 1 is 0.556 bits per heavy atom.